The Bertz CT molecular complexity index is 727. The van der Waals surface area contributed by atoms with Gasteiger partial charge in [-0.05, 0) is 104 Å². The lowest BCUT2D eigenvalue weighted by Crippen LogP contribution is -2.62. The van der Waals surface area contributed by atoms with Gasteiger partial charge in [-0.3, -0.25) is 4.79 Å². The van der Waals surface area contributed by atoms with Crippen LogP contribution >= 0.6 is 0 Å². The number of aliphatic carboxylic acids is 1. The van der Waals surface area contributed by atoms with Crippen LogP contribution in [0.4, 0.5) is 0 Å². The number of aliphatic hydroxyl groups excluding tert-OH is 2. The molecule has 4 aliphatic rings. The Balaban J connectivity index is 1.63. The first-order valence-electron chi connectivity index (χ1n) is 12.6. The van der Waals surface area contributed by atoms with Crippen LogP contribution in [0.3, 0.4) is 0 Å². The molecule has 4 rings (SSSR count). The molecule has 174 valence electrons. The lowest BCUT2D eigenvalue weighted by Gasteiger charge is -2.64. The zero-order valence-corrected chi connectivity index (χ0v) is 19.6. The van der Waals surface area contributed by atoms with Crippen LogP contribution in [0, 0.1) is 64.6 Å². The molecule has 0 saturated heterocycles. The molecule has 0 aromatic rings. The second-order valence-corrected chi connectivity index (χ2v) is 12.0. The van der Waals surface area contributed by atoms with Gasteiger partial charge in [0.1, 0.15) is 0 Å². The molecule has 0 aromatic heterocycles. The van der Waals surface area contributed by atoms with Crippen LogP contribution in [-0.2, 0) is 4.79 Å². The van der Waals surface area contributed by atoms with E-state index in [1.54, 1.807) is 0 Å². The maximum absolute atomic E-state index is 11.7. The quantitative estimate of drug-likeness (QED) is 0.551. The largest absolute Gasteiger partial charge is 0.481 e. The minimum atomic E-state index is -0.700. The Morgan fingerprint density at radius 3 is 2.42 bits per heavy atom. The van der Waals surface area contributed by atoms with E-state index in [0.717, 1.165) is 44.9 Å². The van der Waals surface area contributed by atoms with E-state index < -0.39 is 5.97 Å². The molecule has 0 heterocycles. The third-order valence-corrected chi connectivity index (χ3v) is 10.8. The van der Waals surface area contributed by atoms with Gasteiger partial charge in [-0.2, -0.15) is 0 Å². The summed E-state index contributed by atoms with van der Waals surface area (Å²) in [6, 6.07) is 0. The third kappa shape index (κ3) is 3.65. The highest BCUT2D eigenvalue weighted by molar-refractivity contribution is 5.66. The van der Waals surface area contributed by atoms with Crippen LogP contribution in [0.1, 0.15) is 85.0 Å². The van der Waals surface area contributed by atoms with Crippen LogP contribution in [-0.4, -0.2) is 33.5 Å². The van der Waals surface area contributed by atoms with E-state index in [2.05, 4.69) is 26.7 Å². The fourth-order valence-corrected chi connectivity index (χ4v) is 9.36. The number of terminal acetylenes is 1. The standard InChI is InChI=1S/C27H42O4/c1-5-6-18-22-15-17(28)11-13-27(22,4)21-12-14-26(3)19(16(2)7-10-23(29)30)8-9-20(26)24(21)25(18)31/h1,16-22,24-25,28,31H,6-15H2,2-4H3,(H,29,30)/t16-,17-,18-,19-,20+,21?,22+,24+,25-,26-,27-/m1/s1. The minimum absolute atomic E-state index is 0.0806. The van der Waals surface area contributed by atoms with Crippen LogP contribution in [0.15, 0.2) is 0 Å². The monoisotopic (exact) mass is 430 g/mol. The second kappa shape index (κ2) is 8.38. The van der Waals surface area contributed by atoms with Gasteiger partial charge in [0.05, 0.1) is 12.2 Å². The smallest absolute Gasteiger partial charge is 0.303 e. The first-order chi connectivity index (χ1) is 14.6. The Labute approximate surface area is 188 Å². The number of hydrogen-bond donors (Lipinski definition) is 3. The zero-order chi connectivity index (χ0) is 22.6. The van der Waals surface area contributed by atoms with E-state index in [4.69, 9.17) is 11.5 Å². The van der Waals surface area contributed by atoms with Gasteiger partial charge in [0, 0.05) is 12.8 Å². The fraction of sp³-hybridized carbons (Fsp3) is 0.889. The molecule has 0 radical (unpaired) electrons. The molecule has 4 saturated carbocycles. The summed E-state index contributed by atoms with van der Waals surface area (Å²) in [6.45, 7) is 7.11. The van der Waals surface area contributed by atoms with Crippen LogP contribution in [0.2, 0.25) is 0 Å². The molecule has 0 bridgehead atoms. The maximum atomic E-state index is 11.7. The molecule has 4 aliphatic carbocycles. The predicted molar refractivity (Wildman–Crippen MR) is 121 cm³/mol. The van der Waals surface area contributed by atoms with Crippen molar-refractivity contribution in [1.82, 2.24) is 0 Å². The normalized spacial score (nSPS) is 49.9. The highest BCUT2D eigenvalue weighted by Gasteiger charge is 2.65. The van der Waals surface area contributed by atoms with Crippen molar-refractivity contribution in [2.75, 3.05) is 0 Å². The summed E-state index contributed by atoms with van der Waals surface area (Å²) in [5.74, 6) is 4.75. The molecule has 0 aliphatic heterocycles. The number of rotatable bonds is 5. The highest BCUT2D eigenvalue weighted by atomic mass is 16.4. The van der Waals surface area contributed by atoms with Crippen molar-refractivity contribution >= 4 is 5.97 Å². The highest BCUT2D eigenvalue weighted by Crippen LogP contribution is 2.69. The van der Waals surface area contributed by atoms with Gasteiger partial charge in [0.15, 0.2) is 0 Å². The van der Waals surface area contributed by atoms with Gasteiger partial charge in [-0.25, -0.2) is 0 Å². The van der Waals surface area contributed by atoms with E-state index in [1.165, 1.54) is 6.42 Å². The van der Waals surface area contributed by atoms with Crippen LogP contribution in [0.5, 0.6) is 0 Å². The van der Waals surface area contributed by atoms with Crippen molar-refractivity contribution in [2.45, 2.75) is 97.2 Å². The molecule has 0 aromatic carbocycles. The average Bonchev–Trinajstić information content (AvgIpc) is 3.07. The first kappa shape index (κ1) is 23.1. The summed E-state index contributed by atoms with van der Waals surface area (Å²) < 4.78 is 0. The fourth-order valence-electron chi connectivity index (χ4n) is 9.36. The zero-order valence-electron chi connectivity index (χ0n) is 19.6. The van der Waals surface area contributed by atoms with E-state index >= 15 is 0 Å². The minimum Gasteiger partial charge on any atom is -0.481 e. The molecular formula is C27H42O4. The number of aliphatic hydroxyl groups is 2. The van der Waals surface area contributed by atoms with Gasteiger partial charge >= 0.3 is 5.97 Å². The van der Waals surface area contributed by atoms with Crippen LogP contribution in [0.25, 0.3) is 0 Å². The molecule has 3 N–H and O–H groups in total. The second-order valence-electron chi connectivity index (χ2n) is 12.0. The summed E-state index contributed by atoms with van der Waals surface area (Å²) >= 11 is 0. The Kier molecular flexibility index (Phi) is 6.25. The number of carbonyl (C=O) groups is 1. The molecule has 0 amide bonds. The van der Waals surface area contributed by atoms with Gasteiger partial charge in [-0.1, -0.05) is 20.8 Å². The summed E-state index contributed by atoms with van der Waals surface area (Å²) in [5.41, 5.74) is 0.330. The van der Waals surface area contributed by atoms with E-state index in [-0.39, 0.29) is 41.3 Å². The van der Waals surface area contributed by atoms with E-state index in [1.807, 2.05) is 0 Å². The van der Waals surface area contributed by atoms with Crippen molar-refractivity contribution in [2.24, 2.45) is 52.3 Å². The maximum Gasteiger partial charge on any atom is 0.303 e. The van der Waals surface area contributed by atoms with E-state index in [9.17, 15) is 15.0 Å². The van der Waals surface area contributed by atoms with Gasteiger partial charge in [0.2, 0.25) is 0 Å². The Morgan fingerprint density at radius 1 is 1.06 bits per heavy atom. The number of hydrogen-bond acceptors (Lipinski definition) is 3. The average molecular weight is 431 g/mol. The molecule has 11 atom stereocenters. The van der Waals surface area contributed by atoms with Gasteiger partial charge in [0.25, 0.3) is 0 Å². The van der Waals surface area contributed by atoms with Gasteiger partial charge < -0.3 is 15.3 Å². The SMILES string of the molecule is C#CC[C@H]1[C@@H](O)[C@@H]2C(CC[C@]3(C)[C@@H]([C@H](C)CCC(=O)O)CC[C@@H]23)[C@@]2(C)CC[C@@H](O)C[C@@H]12. The van der Waals surface area contributed by atoms with Crippen molar-refractivity contribution in [3.05, 3.63) is 0 Å². The topological polar surface area (TPSA) is 77.8 Å². The molecule has 0 spiro atoms. The molecule has 1 unspecified atom stereocenters. The van der Waals surface area contributed by atoms with Crippen molar-refractivity contribution in [3.63, 3.8) is 0 Å². The number of carboxylic acids is 1. The van der Waals surface area contributed by atoms with Crippen LogP contribution < -0.4 is 0 Å². The van der Waals surface area contributed by atoms with Crippen molar-refractivity contribution < 1.29 is 20.1 Å². The lowest BCUT2D eigenvalue weighted by molar-refractivity contribution is -0.201. The molecule has 4 heteroatoms. The summed E-state index contributed by atoms with van der Waals surface area (Å²) in [7, 11) is 0. The predicted octanol–water partition coefficient (Wildman–Crippen LogP) is 4.73. The molecule has 4 nitrogen and oxygen atoms in total. The summed E-state index contributed by atoms with van der Waals surface area (Å²) in [6.07, 6.45) is 14.0. The third-order valence-electron chi connectivity index (χ3n) is 10.8. The first-order valence-corrected chi connectivity index (χ1v) is 12.6. The molecule has 4 fully saturated rings. The molecular weight excluding hydrogens is 388 g/mol. The van der Waals surface area contributed by atoms with Gasteiger partial charge in [-0.15, -0.1) is 12.3 Å². The van der Waals surface area contributed by atoms with E-state index in [0.29, 0.717) is 36.0 Å². The lowest BCUT2D eigenvalue weighted by atomic mass is 9.41. The number of carboxylic acid groups (broad SMARTS) is 1. The van der Waals surface area contributed by atoms with Crippen molar-refractivity contribution in [1.29, 1.82) is 0 Å². The Morgan fingerprint density at radius 2 is 1.74 bits per heavy atom. The van der Waals surface area contributed by atoms with Crippen molar-refractivity contribution in [3.8, 4) is 12.3 Å². The number of fused-ring (bicyclic) bond motifs is 5. The Hall–Kier alpha value is -1.05. The summed E-state index contributed by atoms with van der Waals surface area (Å²) in [4.78, 5) is 11.1. The molecule has 31 heavy (non-hydrogen) atoms. The summed E-state index contributed by atoms with van der Waals surface area (Å²) in [5, 5.41) is 31.3.